The van der Waals surface area contributed by atoms with E-state index < -0.39 is 0 Å². The molecule has 0 saturated carbocycles. The minimum Gasteiger partial charge on any atom is -0.497 e. The minimum atomic E-state index is -0.356. The van der Waals surface area contributed by atoms with E-state index in [1.165, 1.54) is 24.4 Å². The van der Waals surface area contributed by atoms with Gasteiger partial charge in [-0.1, -0.05) is 18.2 Å². The largest absolute Gasteiger partial charge is 0.497 e. The number of anilines is 2. The second-order valence-electron chi connectivity index (χ2n) is 5.43. The summed E-state index contributed by atoms with van der Waals surface area (Å²) in [4.78, 5) is 20.7. The summed E-state index contributed by atoms with van der Waals surface area (Å²) in [6.45, 7) is 0.418. The molecule has 1 heterocycles. The van der Waals surface area contributed by atoms with Crippen molar-refractivity contribution in [3.8, 4) is 5.75 Å². The quantitative estimate of drug-likeness (QED) is 0.710. The van der Waals surface area contributed by atoms with Gasteiger partial charge in [-0.15, -0.1) is 0 Å². The predicted molar refractivity (Wildman–Crippen MR) is 96.7 cm³/mol. The third-order valence-electron chi connectivity index (χ3n) is 3.58. The Morgan fingerprint density at radius 1 is 1.15 bits per heavy atom. The minimum absolute atomic E-state index is 0.226. The molecule has 3 aromatic rings. The monoisotopic (exact) mass is 352 g/mol. The fraction of sp³-hybridized carbons (Fsp3) is 0.105. The smallest absolute Gasteiger partial charge is 0.274 e. The Hall–Kier alpha value is -3.48. The molecule has 0 bridgehead atoms. The molecule has 26 heavy (non-hydrogen) atoms. The van der Waals surface area contributed by atoms with Gasteiger partial charge in [0.2, 0.25) is 5.95 Å². The van der Waals surface area contributed by atoms with Crippen molar-refractivity contribution in [3.05, 3.63) is 77.9 Å². The summed E-state index contributed by atoms with van der Waals surface area (Å²) >= 11 is 0. The third kappa shape index (κ3) is 4.54. The lowest BCUT2D eigenvalue weighted by Crippen LogP contribution is -2.15. The van der Waals surface area contributed by atoms with Crippen molar-refractivity contribution in [2.24, 2.45) is 0 Å². The van der Waals surface area contributed by atoms with Crippen LogP contribution in [0.5, 0.6) is 5.75 Å². The average molecular weight is 352 g/mol. The average Bonchev–Trinajstić information content (AvgIpc) is 2.68. The van der Waals surface area contributed by atoms with Crippen LogP contribution in [0.25, 0.3) is 0 Å². The lowest BCUT2D eigenvalue weighted by molar-refractivity contribution is 0.102. The molecule has 132 valence electrons. The molecule has 1 aromatic heterocycles. The highest BCUT2D eigenvalue weighted by molar-refractivity contribution is 6.03. The Bertz CT molecular complexity index is 900. The van der Waals surface area contributed by atoms with Gasteiger partial charge in [0.15, 0.2) is 0 Å². The van der Waals surface area contributed by atoms with Crippen LogP contribution in [0.3, 0.4) is 0 Å². The van der Waals surface area contributed by atoms with Crippen molar-refractivity contribution in [2.75, 3.05) is 17.7 Å². The van der Waals surface area contributed by atoms with E-state index in [1.54, 1.807) is 43.5 Å². The molecular formula is C19H17FN4O2. The lowest BCUT2D eigenvalue weighted by Gasteiger charge is -2.08. The van der Waals surface area contributed by atoms with Gasteiger partial charge in [-0.05, 0) is 35.9 Å². The topological polar surface area (TPSA) is 76.1 Å². The molecule has 2 aromatic carbocycles. The van der Waals surface area contributed by atoms with E-state index in [-0.39, 0.29) is 17.4 Å². The summed E-state index contributed by atoms with van der Waals surface area (Å²) in [6.07, 6.45) is 1.50. The molecule has 0 aliphatic carbocycles. The van der Waals surface area contributed by atoms with Crippen LogP contribution in [0.1, 0.15) is 16.1 Å². The zero-order valence-electron chi connectivity index (χ0n) is 14.1. The molecule has 0 aliphatic heterocycles. The van der Waals surface area contributed by atoms with Crippen molar-refractivity contribution < 1.29 is 13.9 Å². The zero-order valence-corrected chi connectivity index (χ0v) is 14.1. The molecule has 2 N–H and O–H groups in total. The fourth-order valence-corrected chi connectivity index (χ4v) is 2.25. The number of carbonyl (C=O) groups is 1. The molecule has 0 spiro atoms. The van der Waals surface area contributed by atoms with Crippen molar-refractivity contribution in [2.45, 2.75) is 6.54 Å². The molecule has 0 unspecified atom stereocenters. The third-order valence-corrected chi connectivity index (χ3v) is 3.58. The van der Waals surface area contributed by atoms with E-state index in [4.69, 9.17) is 4.74 Å². The number of hydrogen-bond donors (Lipinski definition) is 2. The normalized spacial score (nSPS) is 10.2. The molecule has 7 heteroatoms. The summed E-state index contributed by atoms with van der Waals surface area (Å²) in [7, 11) is 1.56. The first kappa shape index (κ1) is 17.3. The van der Waals surface area contributed by atoms with Gasteiger partial charge >= 0.3 is 0 Å². The highest BCUT2D eigenvalue weighted by Gasteiger charge is 2.10. The maximum absolute atomic E-state index is 12.9. The molecule has 6 nitrogen and oxygen atoms in total. The summed E-state index contributed by atoms with van der Waals surface area (Å²) in [6, 6.07) is 14.7. The van der Waals surface area contributed by atoms with Crippen molar-refractivity contribution >= 4 is 17.5 Å². The Morgan fingerprint density at radius 2 is 1.96 bits per heavy atom. The maximum atomic E-state index is 12.9. The number of nitrogens with zero attached hydrogens (tertiary/aromatic N) is 2. The van der Waals surface area contributed by atoms with Crippen LogP contribution < -0.4 is 15.4 Å². The van der Waals surface area contributed by atoms with Crippen LogP contribution in [0.2, 0.25) is 0 Å². The van der Waals surface area contributed by atoms with Crippen LogP contribution >= 0.6 is 0 Å². The van der Waals surface area contributed by atoms with Crippen LogP contribution in [0.4, 0.5) is 16.0 Å². The Balaban J connectivity index is 1.65. The standard InChI is InChI=1S/C19H17FN4O2/c1-26-16-4-2-3-15(11-16)23-18(25)17-9-10-21-19(24-17)22-12-13-5-7-14(20)8-6-13/h2-11H,12H2,1H3,(H,23,25)(H,21,22,24). The summed E-state index contributed by atoms with van der Waals surface area (Å²) in [5.74, 6) is 0.312. The number of ether oxygens (including phenoxy) is 1. The molecule has 3 rings (SSSR count). The molecule has 0 atom stereocenters. The van der Waals surface area contributed by atoms with Crippen LogP contribution in [-0.4, -0.2) is 23.0 Å². The van der Waals surface area contributed by atoms with E-state index >= 15 is 0 Å². The van der Waals surface area contributed by atoms with E-state index in [0.717, 1.165) is 5.56 Å². The summed E-state index contributed by atoms with van der Waals surface area (Å²) in [5, 5.41) is 5.77. The van der Waals surface area contributed by atoms with Gasteiger partial charge in [0, 0.05) is 24.5 Å². The number of carbonyl (C=O) groups excluding carboxylic acids is 1. The number of nitrogens with one attached hydrogen (secondary N) is 2. The highest BCUT2D eigenvalue weighted by Crippen LogP contribution is 2.17. The predicted octanol–water partition coefficient (Wildman–Crippen LogP) is 3.49. The van der Waals surface area contributed by atoms with E-state index in [1.807, 2.05) is 0 Å². The number of amides is 1. The maximum Gasteiger partial charge on any atom is 0.274 e. The zero-order chi connectivity index (χ0) is 18.4. The van der Waals surface area contributed by atoms with Crippen molar-refractivity contribution in [1.82, 2.24) is 9.97 Å². The SMILES string of the molecule is COc1cccc(NC(=O)c2ccnc(NCc3ccc(F)cc3)n2)c1. The molecular weight excluding hydrogens is 335 g/mol. The van der Waals surface area contributed by atoms with E-state index in [2.05, 4.69) is 20.6 Å². The number of benzene rings is 2. The molecule has 0 aliphatic rings. The van der Waals surface area contributed by atoms with E-state index in [0.29, 0.717) is 23.9 Å². The molecule has 0 saturated heterocycles. The number of hydrogen-bond acceptors (Lipinski definition) is 5. The lowest BCUT2D eigenvalue weighted by atomic mass is 10.2. The number of methoxy groups -OCH3 is 1. The second kappa shape index (κ2) is 8.06. The highest BCUT2D eigenvalue weighted by atomic mass is 19.1. The van der Waals surface area contributed by atoms with Gasteiger partial charge in [0.05, 0.1) is 7.11 Å². The van der Waals surface area contributed by atoms with Gasteiger partial charge in [-0.2, -0.15) is 0 Å². The Morgan fingerprint density at radius 3 is 2.73 bits per heavy atom. The first-order valence-electron chi connectivity index (χ1n) is 7.91. The van der Waals surface area contributed by atoms with Gasteiger partial charge < -0.3 is 15.4 Å². The van der Waals surface area contributed by atoms with Gasteiger partial charge in [-0.3, -0.25) is 4.79 Å². The summed E-state index contributed by atoms with van der Waals surface area (Å²) < 4.78 is 18.1. The molecule has 1 amide bonds. The van der Waals surface area contributed by atoms with Crippen molar-refractivity contribution in [1.29, 1.82) is 0 Å². The number of aromatic nitrogens is 2. The van der Waals surface area contributed by atoms with Crippen LogP contribution in [-0.2, 0) is 6.54 Å². The molecule has 0 radical (unpaired) electrons. The second-order valence-corrected chi connectivity index (χ2v) is 5.43. The van der Waals surface area contributed by atoms with Gasteiger partial charge in [-0.25, -0.2) is 14.4 Å². The summed E-state index contributed by atoms with van der Waals surface area (Å²) in [5.41, 5.74) is 1.71. The van der Waals surface area contributed by atoms with Crippen LogP contribution in [0, 0.1) is 5.82 Å². The molecule has 0 fully saturated rings. The van der Waals surface area contributed by atoms with Gasteiger partial charge in [0.1, 0.15) is 17.3 Å². The fourth-order valence-electron chi connectivity index (χ4n) is 2.25. The van der Waals surface area contributed by atoms with Crippen LogP contribution in [0.15, 0.2) is 60.8 Å². The first-order chi connectivity index (χ1) is 12.6. The number of rotatable bonds is 6. The Labute approximate surface area is 150 Å². The Kier molecular flexibility index (Phi) is 5.38. The van der Waals surface area contributed by atoms with E-state index in [9.17, 15) is 9.18 Å². The van der Waals surface area contributed by atoms with Crippen molar-refractivity contribution in [3.63, 3.8) is 0 Å². The first-order valence-corrected chi connectivity index (χ1v) is 7.91. The number of halogens is 1. The van der Waals surface area contributed by atoms with Gasteiger partial charge in [0.25, 0.3) is 5.91 Å².